The standard InChI is InChI=1S/C20H14Br2N6OS2/c21-14-1-3-15(4-2-14)28-19(13-7-9-23-10-8-13)26-27-20(28)30-12-18(29)25-24-11-16-5-6-17(22)31-16/h1-11H,12H2,(H,25,29). The van der Waals surface area contributed by atoms with Crippen LogP contribution in [-0.4, -0.2) is 37.6 Å². The van der Waals surface area contributed by atoms with Crippen LogP contribution in [0.1, 0.15) is 4.88 Å². The highest BCUT2D eigenvalue weighted by Crippen LogP contribution is 2.28. The normalized spacial score (nSPS) is 11.2. The zero-order valence-corrected chi connectivity index (χ0v) is 20.6. The van der Waals surface area contributed by atoms with Crippen LogP contribution in [0.5, 0.6) is 0 Å². The van der Waals surface area contributed by atoms with Gasteiger partial charge in [-0.15, -0.1) is 21.5 Å². The number of thioether (sulfide) groups is 1. The van der Waals surface area contributed by atoms with Gasteiger partial charge in [0, 0.05) is 33.0 Å². The van der Waals surface area contributed by atoms with Crippen molar-refractivity contribution >= 4 is 67.1 Å². The molecule has 1 N–H and O–H groups in total. The van der Waals surface area contributed by atoms with Gasteiger partial charge in [0.15, 0.2) is 11.0 Å². The molecule has 0 aliphatic heterocycles. The van der Waals surface area contributed by atoms with Gasteiger partial charge < -0.3 is 0 Å². The molecule has 0 aliphatic rings. The summed E-state index contributed by atoms with van der Waals surface area (Å²) in [6.07, 6.45) is 5.03. The monoisotopic (exact) mass is 576 g/mol. The Bertz CT molecular complexity index is 1210. The summed E-state index contributed by atoms with van der Waals surface area (Å²) in [5, 5.41) is 13.3. The van der Waals surface area contributed by atoms with Crippen LogP contribution in [0.3, 0.4) is 0 Å². The topological polar surface area (TPSA) is 85.1 Å². The average Bonchev–Trinajstić information content (AvgIpc) is 3.39. The van der Waals surface area contributed by atoms with Gasteiger partial charge in [-0.05, 0) is 64.5 Å². The SMILES string of the molecule is O=C(CSc1nnc(-c2ccncc2)n1-c1ccc(Br)cc1)NN=Cc1ccc(Br)s1. The largest absolute Gasteiger partial charge is 0.272 e. The van der Waals surface area contributed by atoms with Gasteiger partial charge in [-0.2, -0.15) is 5.10 Å². The van der Waals surface area contributed by atoms with Crippen LogP contribution in [0.15, 0.2) is 79.4 Å². The van der Waals surface area contributed by atoms with Crippen molar-refractivity contribution in [1.29, 1.82) is 0 Å². The molecule has 4 rings (SSSR count). The number of pyridine rings is 1. The Hall–Kier alpha value is -2.34. The quantitative estimate of drug-likeness (QED) is 0.186. The first-order valence-electron chi connectivity index (χ1n) is 8.92. The number of hydrazone groups is 1. The van der Waals surface area contributed by atoms with Crippen molar-refractivity contribution in [1.82, 2.24) is 25.2 Å². The second-order valence-corrected chi connectivity index (χ2v) is 10.4. The maximum absolute atomic E-state index is 12.3. The molecule has 7 nitrogen and oxygen atoms in total. The average molecular weight is 578 g/mol. The van der Waals surface area contributed by atoms with E-state index in [2.05, 4.69) is 57.6 Å². The maximum Gasteiger partial charge on any atom is 0.250 e. The minimum Gasteiger partial charge on any atom is -0.272 e. The summed E-state index contributed by atoms with van der Waals surface area (Å²) in [5.74, 6) is 0.595. The Morgan fingerprint density at radius 3 is 2.58 bits per heavy atom. The van der Waals surface area contributed by atoms with Crippen LogP contribution in [0.25, 0.3) is 17.1 Å². The molecule has 0 saturated carbocycles. The molecule has 156 valence electrons. The first-order chi connectivity index (χ1) is 15.1. The number of benzene rings is 1. The smallest absolute Gasteiger partial charge is 0.250 e. The van der Waals surface area contributed by atoms with Crippen LogP contribution in [0.2, 0.25) is 0 Å². The van der Waals surface area contributed by atoms with Crippen LogP contribution in [0, 0.1) is 0 Å². The van der Waals surface area contributed by atoms with Crippen molar-refractivity contribution in [3.05, 3.63) is 74.1 Å². The van der Waals surface area contributed by atoms with Crippen LogP contribution in [-0.2, 0) is 4.79 Å². The van der Waals surface area contributed by atoms with E-state index >= 15 is 0 Å². The Balaban J connectivity index is 1.51. The van der Waals surface area contributed by atoms with Gasteiger partial charge in [-0.25, -0.2) is 5.43 Å². The third kappa shape index (κ3) is 5.67. The fourth-order valence-electron chi connectivity index (χ4n) is 2.60. The van der Waals surface area contributed by atoms with Crippen LogP contribution >= 0.6 is 55.0 Å². The Morgan fingerprint density at radius 2 is 1.87 bits per heavy atom. The number of rotatable bonds is 7. The van der Waals surface area contributed by atoms with Crippen molar-refractivity contribution < 1.29 is 4.79 Å². The molecular weight excluding hydrogens is 564 g/mol. The number of aromatic nitrogens is 4. The lowest BCUT2D eigenvalue weighted by molar-refractivity contribution is -0.118. The Labute approximate surface area is 203 Å². The molecule has 31 heavy (non-hydrogen) atoms. The second-order valence-electron chi connectivity index (χ2n) is 6.08. The molecule has 0 saturated heterocycles. The van der Waals surface area contributed by atoms with Gasteiger partial charge >= 0.3 is 0 Å². The van der Waals surface area contributed by atoms with E-state index in [-0.39, 0.29) is 11.7 Å². The molecule has 0 bridgehead atoms. The highest BCUT2D eigenvalue weighted by Gasteiger charge is 2.17. The van der Waals surface area contributed by atoms with Gasteiger partial charge in [0.05, 0.1) is 15.8 Å². The number of carbonyl (C=O) groups is 1. The van der Waals surface area contributed by atoms with Gasteiger partial charge in [0.1, 0.15) is 0 Å². The predicted molar refractivity (Wildman–Crippen MR) is 131 cm³/mol. The number of nitrogens with zero attached hydrogens (tertiary/aromatic N) is 5. The molecule has 1 amide bonds. The van der Waals surface area contributed by atoms with Gasteiger partial charge in [0.2, 0.25) is 0 Å². The van der Waals surface area contributed by atoms with E-state index in [4.69, 9.17) is 0 Å². The molecule has 0 fully saturated rings. The molecule has 0 atom stereocenters. The summed E-state index contributed by atoms with van der Waals surface area (Å²) in [6, 6.07) is 15.4. The van der Waals surface area contributed by atoms with Crippen molar-refractivity contribution in [3.63, 3.8) is 0 Å². The lowest BCUT2D eigenvalue weighted by Gasteiger charge is -2.10. The molecule has 11 heteroatoms. The first kappa shape index (κ1) is 21.9. The summed E-state index contributed by atoms with van der Waals surface area (Å²) in [7, 11) is 0. The summed E-state index contributed by atoms with van der Waals surface area (Å²) in [4.78, 5) is 17.3. The summed E-state index contributed by atoms with van der Waals surface area (Å²) in [6.45, 7) is 0. The van der Waals surface area contributed by atoms with Crippen LogP contribution in [0.4, 0.5) is 0 Å². The number of hydrogen-bond acceptors (Lipinski definition) is 7. The van der Waals surface area contributed by atoms with Crippen molar-refractivity contribution in [3.8, 4) is 17.1 Å². The van der Waals surface area contributed by atoms with Gasteiger partial charge in [0.25, 0.3) is 5.91 Å². The van der Waals surface area contributed by atoms with Crippen molar-refractivity contribution in [2.75, 3.05) is 5.75 Å². The third-order valence-electron chi connectivity index (χ3n) is 3.96. The van der Waals surface area contributed by atoms with E-state index in [1.165, 1.54) is 23.1 Å². The minimum atomic E-state index is -0.229. The molecule has 3 aromatic heterocycles. The van der Waals surface area contributed by atoms with Crippen molar-refractivity contribution in [2.24, 2.45) is 5.10 Å². The van der Waals surface area contributed by atoms with Crippen LogP contribution < -0.4 is 5.43 Å². The van der Waals surface area contributed by atoms with Gasteiger partial charge in [-0.3, -0.25) is 14.3 Å². The summed E-state index contributed by atoms with van der Waals surface area (Å²) < 4.78 is 3.90. The molecule has 0 unspecified atom stereocenters. The Morgan fingerprint density at radius 1 is 1.10 bits per heavy atom. The van der Waals surface area contributed by atoms with Crippen molar-refractivity contribution in [2.45, 2.75) is 5.16 Å². The molecule has 3 heterocycles. The Kier molecular flexibility index (Phi) is 7.28. The zero-order chi connectivity index (χ0) is 21.6. The highest BCUT2D eigenvalue weighted by atomic mass is 79.9. The van der Waals surface area contributed by atoms with E-state index < -0.39 is 0 Å². The number of hydrogen-bond donors (Lipinski definition) is 1. The number of nitrogens with one attached hydrogen (secondary N) is 1. The van der Waals surface area contributed by atoms with Gasteiger partial charge in [-0.1, -0.05) is 27.7 Å². The van der Waals surface area contributed by atoms with E-state index in [0.29, 0.717) is 11.0 Å². The van der Waals surface area contributed by atoms with E-state index in [1.807, 2.05) is 53.1 Å². The lowest BCUT2D eigenvalue weighted by atomic mass is 10.2. The number of amides is 1. The maximum atomic E-state index is 12.3. The highest BCUT2D eigenvalue weighted by molar-refractivity contribution is 9.11. The molecule has 0 aliphatic carbocycles. The molecule has 0 spiro atoms. The lowest BCUT2D eigenvalue weighted by Crippen LogP contribution is -2.19. The number of thiophene rings is 1. The fraction of sp³-hybridized carbons (Fsp3) is 0.0500. The fourth-order valence-corrected chi connectivity index (χ4v) is 4.91. The third-order valence-corrected chi connectivity index (χ3v) is 6.98. The molecular formula is C20H14Br2N6OS2. The second kappa shape index (κ2) is 10.3. The number of halogens is 2. The number of carbonyl (C=O) groups excluding carboxylic acids is 1. The predicted octanol–water partition coefficient (Wildman–Crippen LogP) is 5.16. The molecule has 1 aromatic carbocycles. The molecule has 4 aromatic rings. The first-order valence-corrected chi connectivity index (χ1v) is 12.3. The molecule has 0 radical (unpaired) electrons. The van der Waals surface area contributed by atoms with E-state index in [9.17, 15) is 4.79 Å². The van der Waals surface area contributed by atoms with E-state index in [0.717, 1.165) is 24.4 Å². The zero-order valence-electron chi connectivity index (χ0n) is 15.8. The summed E-state index contributed by atoms with van der Waals surface area (Å²) >= 11 is 9.68. The summed E-state index contributed by atoms with van der Waals surface area (Å²) in [5.41, 5.74) is 4.32. The minimum absolute atomic E-state index is 0.149. The van der Waals surface area contributed by atoms with E-state index in [1.54, 1.807) is 18.6 Å².